The van der Waals surface area contributed by atoms with Gasteiger partial charge in [-0.3, -0.25) is 4.79 Å². The Morgan fingerprint density at radius 2 is 1.83 bits per heavy atom. The lowest BCUT2D eigenvalue weighted by molar-refractivity contribution is -0.115. The van der Waals surface area contributed by atoms with Crippen LogP contribution in [0.3, 0.4) is 0 Å². The zero-order chi connectivity index (χ0) is 17.7. The average molecular weight is 349 g/mol. The highest BCUT2D eigenvalue weighted by Gasteiger charge is 2.08. The monoisotopic (exact) mass is 349 g/mol. The molecule has 3 N–H and O–H groups in total. The van der Waals surface area contributed by atoms with Gasteiger partial charge in [0.2, 0.25) is 5.91 Å². The maximum atomic E-state index is 13.1. The van der Waals surface area contributed by atoms with Crippen LogP contribution in [0.2, 0.25) is 0 Å². The van der Waals surface area contributed by atoms with E-state index in [4.69, 9.17) is 12.2 Å². The maximum Gasteiger partial charge on any atom is 0.243 e. The van der Waals surface area contributed by atoms with Crippen molar-refractivity contribution in [3.8, 4) is 0 Å². The summed E-state index contributed by atoms with van der Waals surface area (Å²) in [6, 6.07) is 8.93. The molecular weight excluding hydrogens is 332 g/mol. The lowest BCUT2D eigenvalue weighted by Crippen LogP contribution is -2.35. The van der Waals surface area contributed by atoms with Crippen molar-refractivity contribution >= 4 is 34.6 Å². The Hall–Kier alpha value is -2.54. The van der Waals surface area contributed by atoms with Crippen molar-refractivity contribution in [2.75, 3.05) is 17.2 Å². The van der Waals surface area contributed by atoms with Crippen LogP contribution >= 0.6 is 12.2 Å². The van der Waals surface area contributed by atoms with E-state index in [9.17, 15) is 13.6 Å². The maximum absolute atomic E-state index is 13.1. The van der Waals surface area contributed by atoms with Gasteiger partial charge < -0.3 is 16.0 Å². The predicted molar refractivity (Wildman–Crippen MR) is 95.1 cm³/mol. The van der Waals surface area contributed by atoms with Crippen LogP contribution in [0.1, 0.15) is 11.1 Å². The van der Waals surface area contributed by atoms with E-state index in [1.54, 1.807) is 0 Å². The van der Waals surface area contributed by atoms with Crippen LogP contribution in [-0.2, 0) is 4.79 Å². The zero-order valence-corrected chi connectivity index (χ0v) is 14.1. The van der Waals surface area contributed by atoms with Crippen molar-refractivity contribution in [3.63, 3.8) is 0 Å². The van der Waals surface area contributed by atoms with E-state index in [1.165, 1.54) is 6.07 Å². The number of hydrogen-bond acceptors (Lipinski definition) is 2. The molecule has 0 heterocycles. The second-order valence-electron chi connectivity index (χ2n) is 5.23. The molecule has 0 spiro atoms. The Morgan fingerprint density at radius 1 is 1.08 bits per heavy atom. The van der Waals surface area contributed by atoms with Gasteiger partial charge in [0.1, 0.15) is 0 Å². The van der Waals surface area contributed by atoms with Crippen LogP contribution in [0.4, 0.5) is 20.2 Å². The second-order valence-corrected chi connectivity index (χ2v) is 5.64. The number of rotatable bonds is 4. The van der Waals surface area contributed by atoms with Crippen LogP contribution in [0.25, 0.3) is 0 Å². The van der Waals surface area contributed by atoms with E-state index in [0.717, 1.165) is 28.9 Å². The van der Waals surface area contributed by atoms with Gasteiger partial charge in [0.05, 0.1) is 6.54 Å². The van der Waals surface area contributed by atoms with Gasteiger partial charge in [0, 0.05) is 17.4 Å². The highest BCUT2D eigenvalue weighted by molar-refractivity contribution is 7.80. The Balaban J connectivity index is 1.86. The van der Waals surface area contributed by atoms with E-state index in [2.05, 4.69) is 16.0 Å². The molecule has 2 aromatic rings. The Bertz CT molecular complexity index is 780. The molecule has 2 aromatic carbocycles. The first-order valence-electron chi connectivity index (χ1n) is 7.23. The molecular formula is C17H17F2N3OS. The highest BCUT2D eigenvalue weighted by Crippen LogP contribution is 2.17. The van der Waals surface area contributed by atoms with E-state index < -0.39 is 17.5 Å². The fourth-order valence-corrected chi connectivity index (χ4v) is 2.17. The Labute approximate surface area is 144 Å². The molecule has 0 aliphatic heterocycles. The van der Waals surface area contributed by atoms with Gasteiger partial charge in [-0.1, -0.05) is 12.1 Å². The lowest BCUT2D eigenvalue weighted by Gasteiger charge is -2.13. The van der Waals surface area contributed by atoms with Crippen molar-refractivity contribution in [2.45, 2.75) is 13.8 Å². The molecule has 126 valence electrons. The molecule has 0 fully saturated rings. The molecule has 0 unspecified atom stereocenters. The topological polar surface area (TPSA) is 53.2 Å². The molecule has 1 amide bonds. The van der Waals surface area contributed by atoms with Crippen LogP contribution in [0, 0.1) is 25.5 Å². The molecule has 0 atom stereocenters. The van der Waals surface area contributed by atoms with Gasteiger partial charge in [-0.05, 0) is 55.4 Å². The van der Waals surface area contributed by atoms with Gasteiger partial charge in [0.15, 0.2) is 16.7 Å². The van der Waals surface area contributed by atoms with Crippen LogP contribution in [0.15, 0.2) is 36.4 Å². The number of halogens is 2. The standard InChI is InChI=1S/C17H17F2N3OS/c1-10-4-3-5-15(11(10)2)22-17(24)20-9-16(23)21-12-6-7-13(18)14(19)8-12/h3-8H,9H2,1-2H3,(H,21,23)(H2,20,22,24). The summed E-state index contributed by atoms with van der Waals surface area (Å²) in [6.45, 7) is 3.86. The molecule has 0 aromatic heterocycles. The first-order valence-corrected chi connectivity index (χ1v) is 7.63. The smallest absolute Gasteiger partial charge is 0.243 e. The molecule has 7 heteroatoms. The van der Waals surface area contributed by atoms with Gasteiger partial charge in [-0.15, -0.1) is 0 Å². The Morgan fingerprint density at radius 3 is 2.54 bits per heavy atom. The van der Waals surface area contributed by atoms with Crippen LogP contribution in [0.5, 0.6) is 0 Å². The minimum atomic E-state index is -1.02. The number of aryl methyl sites for hydroxylation is 1. The van der Waals surface area contributed by atoms with Crippen molar-refractivity contribution in [2.24, 2.45) is 0 Å². The average Bonchev–Trinajstić information content (AvgIpc) is 2.53. The number of benzene rings is 2. The van der Waals surface area contributed by atoms with Crippen LogP contribution in [-0.4, -0.2) is 17.6 Å². The highest BCUT2D eigenvalue weighted by atomic mass is 32.1. The summed E-state index contributed by atoms with van der Waals surface area (Å²) >= 11 is 5.15. The fraction of sp³-hybridized carbons (Fsp3) is 0.176. The second kappa shape index (κ2) is 7.83. The van der Waals surface area contributed by atoms with Gasteiger partial charge in [0.25, 0.3) is 0 Å². The largest absolute Gasteiger partial charge is 0.353 e. The van der Waals surface area contributed by atoms with Gasteiger partial charge >= 0.3 is 0 Å². The molecule has 0 aliphatic rings. The molecule has 0 saturated heterocycles. The summed E-state index contributed by atoms with van der Waals surface area (Å²) in [5.74, 6) is -2.41. The molecule has 24 heavy (non-hydrogen) atoms. The molecule has 0 saturated carbocycles. The minimum absolute atomic E-state index is 0.101. The number of anilines is 2. The van der Waals surface area contributed by atoms with Crippen molar-refractivity contribution in [3.05, 3.63) is 59.2 Å². The predicted octanol–water partition coefficient (Wildman–Crippen LogP) is 3.51. The number of nitrogens with one attached hydrogen (secondary N) is 3. The summed E-state index contributed by atoms with van der Waals surface area (Å²) in [6.07, 6.45) is 0. The van der Waals surface area contributed by atoms with Crippen molar-refractivity contribution in [1.29, 1.82) is 0 Å². The molecule has 0 radical (unpaired) electrons. The fourth-order valence-electron chi connectivity index (χ4n) is 1.99. The summed E-state index contributed by atoms with van der Waals surface area (Å²) in [7, 11) is 0. The summed E-state index contributed by atoms with van der Waals surface area (Å²) in [5, 5.41) is 8.53. The van der Waals surface area contributed by atoms with Gasteiger partial charge in [-0.2, -0.15) is 0 Å². The number of carbonyl (C=O) groups excluding carboxylic acids is 1. The molecule has 4 nitrogen and oxygen atoms in total. The normalized spacial score (nSPS) is 10.2. The van der Waals surface area contributed by atoms with E-state index in [0.29, 0.717) is 5.11 Å². The first-order chi connectivity index (χ1) is 11.4. The van der Waals surface area contributed by atoms with Crippen molar-refractivity contribution < 1.29 is 13.6 Å². The third-order valence-electron chi connectivity index (χ3n) is 3.47. The number of amides is 1. The summed E-state index contributed by atoms with van der Waals surface area (Å²) in [5.41, 5.74) is 3.22. The number of hydrogen-bond donors (Lipinski definition) is 3. The van der Waals surface area contributed by atoms with E-state index in [1.807, 2.05) is 32.0 Å². The van der Waals surface area contributed by atoms with Crippen molar-refractivity contribution in [1.82, 2.24) is 5.32 Å². The van der Waals surface area contributed by atoms with E-state index in [-0.39, 0.29) is 12.2 Å². The Kier molecular flexibility index (Phi) is 5.81. The zero-order valence-electron chi connectivity index (χ0n) is 13.2. The number of carbonyl (C=O) groups is 1. The first kappa shape index (κ1) is 17.8. The van der Waals surface area contributed by atoms with Gasteiger partial charge in [-0.25, -0.2) is 8.78 Å². The molecule has 0 aliphatic carbocycles. The number of thiocarbonyl (C=S) groups is 1. The summed E-state index contributed by atoms with van der Waals surface area (Å²) in [4.78, 5) is 11.8. The lowest BCUT2D eigenvalue weighted by atomic mass is 10.1. The molecule has 2 rings (SSSR count). The molecule has 0 bridgehead atoms. The third-order valence-corrected chi connectivity index (χ3v) is 3.71. The summed E-state index contributed by atoms with van der Waals surface area (Å²) < 4.78 is 25.9. The van der Waals surface area contributed by atoms with E-state index >= 15 is 0 Å². The van der Waals surface area contributed by atoms with Crippen LogP contribution < -0.4 is 16.0 Å². The SMILES string of the molecule is Cc1cccc(NC(=S)NCC(=O)Nc2ccc(F)c(F)c2)c1C. The third kappa shape index (κ3) is 4.73. The minimum Gasteiger partial charge on any atom is -0.353 e. The quantitative estimate of drug-likeness (QED) is 0.740.